The highest BCUT2D eigenvalue weighted by molar-refractivity contribution is 7.99. The van der Waals surface area contributed by atoms with E-state index in [1.54, 1.807) is 16.1 Å². The van der Waals surface area contributed by atoms with Crippen LogP contribution in [0.25, 0.3) is 0 Å². The third-order valence-corrected chi connectivity index (χ3v) is 6.52. The van der Waals surface area contributed by atoms with E-state index in [2.05, 4.69) is 23.4 Å². The largest absolute Gasteiger partial charge is 0.326 e. The monoisotopic (exact) mass is 331 g/mol. The molecule has 21 heavy (non-hydrogen) atoms. The van der Waals surface area contributed by atoms with Gasteiger partial charge in [-0.3, -0.25) is 0 Å². The quantitative estimate of drug-likeness (QED) is 0.777. The second-order valence-corrected chi connectivity index (χ2v) is 9.09. The van der Waals surface area contributed by atoms with E-state index in [0.717, 1.165) is 23.8 Å². The molecule has 1 aliphatic rings. The first-order valence-electron chi connectivity index (χ1n) is 7.38. The van der Waals surface area contributed by atoms with Crippen LogP contribution in [0.4, 0.5) is 0 Å². The third-order valence-electron chi connectivity index (χ3n) is 3.97. The summed E-state index contributed by atoms with van der Waals surface area (Å²) >= 11 is 1.73. The van der Waals surface area contributed by atoms with Crippen LogP contribution in [0.5, 0.6) is 0 Å². The predicted molar refractivity (Wildman–Crippen MR) is 87.2 cm³/mol. The Morgan fingerprint density at radius 1 is 1.48 bits per heavy atom. The number of thioether (sulfide) groups is 1. The van der Waals surface area contributed by atoms with Gasteiger partial charge < -0.3 is 4.57 Å². The fourth-order valence-corrected chi connectivity index (χ4v) is 4.76. The molecule has 0 aromatic carbocycles. The molecule has 0 N–H and O–H groups in total. The number of imidazole rings is 1. The summed E-state index contributed by atoms with van der Waals surface area (Å²) in [4.78, 5) is 4.48. The summed E-state index contributed by atoms with van der Waals surface area (Å²) in [7, 11) is -1.00. The average molecular weight is 332 g/mol. The van der Waals surface area contributed by atoms with Gasteiger partial charge in [-0.05, 0) is 24.7 Å². The van der Waals surface area contributed by atoms with Gasteiger partial charge in [0.2, 0.25) is 10.0 Å². The SMILES string of the molecule is CC(C)c1cnc(SCC2CCCN(S(C)(=O)=O)C2)n1C. The van der Waals surface area contributed by atoms with Gasteiger partial charge in [-0.25, -0.2) is 17.7 Å². The second-order valence-electron chi connectivity index (χ2n) is 6.12. The Kier molecular flexibility index (Phi) is 5.38. The van der Waals surface area contributed by atoms with Crippen LogP contribution in [0, 0.1) is 5.92 Å². The van der Waals surface area contributed by atoms with Crippen LogP contribution >= 0.6 is 11.8 Å². The van der Waals surface area contributed by atoms with Crippen molar-refractivity contribution in [2.45, 2.75) is 37.8 Å². The molecule has 5 nitrogen and oxygen atoms in total. The minimum absolute atomic E-state index is 0.415. The van der Waals surface area contributed by atoms with E-state index in [9.17, 15) is 8.42 Å². The van der Waals surface area contributed by atoms with Crippen molar-refractivity contribution < 1.29 is 8.42 Å². The third kappa shape index (κ3) is 4.23. The molecule has 7 heteroatoms. The van der Waals surface area contributed by atoms with E-state index in [-0.39, 0.29) is 0 Å². The molecule has 0 radical (unpaired) electrons. The molecule has 0 bridgehead atoms. The molecular formula is C14H25N3O2S2. The average Bonchev–Trinajstić information content (AvgIpc) is 2.77. The highest BCUT2D eigenvalue weighted by Gasteiger charge is 2.26. The molecule has 2 heterocycles. The van der Waals surface area contributed by atoms with Gasteiger partial charge in [0.1, 0.15) is 0 Å². The molecular weight excluding hydrogens is 306 g/mol. The van der Waals surface area contributed by atoms with Gasteiger partial charge in [0.25, 0.3) is 0 Å². The Morgan fingerprint density at radius 2 is 2.19 bits per heavy atom. The van der Waals surface area contributed by atoms with E-state index in [1.807, 2.05) is 13.2 Å². The van der Waals surface area contributed by atoms with Crippen molar-refractivity contribution in [1.82, 2.24) is 13.9 Å². The zero-order valence-electron chi connectivity index (χ0n) is 13.2. The van der Waals surface area contributed by atoms with Crippen LogP contribution in [-0.4, -0.2) is 47.4 Å². The zero-order valence-corrected chi connectivity index (χ0v) is 14.9. The van der Waals surface area contributed by atoms with Gasteiger partial charge in [-0.2, -0.15) is 0 Å². The van der Waals surface area contributed by atoms with Crippen molar-refractivity contribution in [3.05, 3.63) is 11.9 Å². The fourth-order valence-electron chi connectivity index (χ4n) is 2.73. The minimum Gasteiger partial charge on any atom is -0.326 e. The van der Waals surface area contributed by atoms with Crippen LogP contribution in [0.2, 0.25) is 0 Å². The van der Waals surface area contributed by atoms with Gasteiger partial charge in [-0.15, -0.1) is 0 Å². The summed E-state index contributed by atoms with van der Waals surface area (Å²) in [6.45, 7) is 5.64. The Labute approximate surface area is 132 Å². The molecule has 1 fully saturated rings. The lowest BCUT2D eigenvalue weighted by atomic mass is 10.0. The van der Waals surface area contributed by atoms with Gasteiger partial charge >= 0.3 is 0 Å². The van der Waals surface area contributed by atoms with Gasteiger partial charge in [0.15, 0.2) is 5.16 Å². The number of nitrogens with zero attached hydrogens (tertiary/aromatic N) is 3. The summed E-state index contributed by atoms with van der Waals surface area (Å²) in [6, 6.07) is 0. The van der Waals surface area contributed by atoms with Crippen LogP contribution in [-0.2, 0) is 17.1 Å². The number of hydrogen-bond donors (Lipinski definition) is 0. The maximum absolute atomic E-state index is 11.6. The molecule has 1 aliphatic heterocycles. The Bertz CT molecular complexity index is 581. The Balaban J connectivity index is 1.94. The maximum Gasteiger partial charge on any atom is 0.211 e. The Hall–Kier alpha value is -0.530. The van der Waals surface area contributed by atoms with Crippen molar-refractivity contribution >= 4 is 21.8 Å². The lowest BCUT2D eigenvalue weighted by molar-refractivity contribution is 0.286. The maximum atomic E-state index is 11.6. The van der Waals surface area contributed by atoms with E-state index in [4.69, 9.17) is 0 Å². The molecule has 1 unspecified atom stereocenters. The first-order valence-corrected chi connectivity index (χ1v) is 10.2. The number of piperidine rings is 1. The molecule has 1 atom stereocenters. The van der Waals surface area contributed by atoms with Crippen LogP contribution in [0.1, 0.15) is 38.3 Å². The molecule has 120 valence electrons. The standard InChI is InChI=1S/C14H25N3O2S2/c1-11(2)13-8-15-14(16(13)3)20-10-12-6-5-7-17(9-12)21(4,18)19/h8,11-12H,5-7,9-10H2,1-4H3. The minimum atomic E-state index is -3.05. The summed E-state index contributed by atoms with van der Waals surface area (Å²) in [5, 5.41) is 1.02. The number of aromatic nitrogens is 2. The van der Waals surface area contributed by atoms with E-state index < -0.39 is 10.0 Å². The normalized spacial score (nSPS) is 21.1. The number of rotatable bonds is 5. The highest BCUT2D eigenvalue weighted by Crippen LogP contribution is 2.27. The van der Waals surface area contributed by atoms with Crippen molar-refractivity contribution in [1.29, 1.82) is 0 Å². The molecule has 0 spiro atoms. The summed E-state index contributed by atoms with van der Waals surface area (Å²) in [5.41, 5.74) is 1.24. The molecule has 1 aromatic heterocycles. The molecule has 1 aromatic rings. The molecule has 1 saturated heterocycles. The summed E-state index contributed by atoms with van der Waals surface area (Å²) < 4.78 is 27.0. The van der Waals surface area contributed by atoms with E-state index >= 15 is 0 Å². The Morgan fingerprint density at radius 3 is 2.76 bits per heavy atom. The van der Waals surface area contributed by atoms with Crippen LogP contribution in [0.15, 0.2) is 11.4 Å². The van der Waals surface area contributed by atoms with E-state index in [0.29, 0.717) is 24.9 Å². The van der Waals surface area contributed by atoms with Crippen molar-refractivity contribution in [3.8, 4) is 0 Å². The summed E-state index contributed by atoms with van der Waals surface area (Å²) in [5.74, 6) is 1.80. The molecule has 0 amide bonds. The summed E-state index contributed by atoms with van der Waals surface area (Å²) in [6.07, 6.45) is 5.30. The first-order chi connectivity index (χ1) is 9.79. The molecule has 0 saturated carbocycles. The van der Waals surface area contributed by atoms with Crippen molar-refractivity contribution in [3.63, 3.8) is 0 Å². The topological polar surface area (TPSA) is 55.2 Å². The number of sulfonamides is 1. The highest BCUT2D eigenvalue weighted by atomic mass is 32.2. The lowest BCUT2D eigenvalue weighted by Gasteiger charge is -2.30. The second kappa shape index (κ2) is 6.71. The fraction of sp³-hybridized carbons (Fsp3) is 0.786. The van der Waals surface area contributed by atoms with E-state index in [1.165, 1.54) is 11.9 Å². The smallest absolute Gasteiger partial charge is 0.211 e. The van der Waals surface area contributed by atoms with Crippen molar-refractivity contribution in [2.75, 3.05) is 25.1 Å². The van der Waals surface area contributed by atoms with Crippen molar-refractivity contribution in [2.24, 2.45) is 13.0 Å². The molecule has 2 rings (SSSR count). The van der Waals surface area contributed by atoms with Crippen LogP contribution in [0.3, 0.4) is 0 Å². The van der Waals surface area contributed by atoms with Gasteiger partial charge in [0, 0.05) is 37.8 Å². The first kappa shape index (κ1) is 16.8. The van der Waals surface area contributed by atoms with Gasteiger partial charge in [0.05, 0.1) is 6.26 Å². The zero-order chi connectivity index (χ0) is 15.6. The predicted octanol–water partition coefficient (Wildman–Crippen LogP) is 2.31. The number of hydrogen-bond acceptors (Lipinski definition) is 4. The van der Waals surface area contributed by atoms with Gasteiger partial charge in [-0.1, -0.05) is 25.6 Å². The molecule has 0 aliphatic carbocycles. The van der Waals surface area contributed by atoms with Crippen LogP contribution < -0.4 is 0 Å². The lowest BCUT2D eigenvalue weighted by Crippen LogP contribution is -2.39.